The number of nitrogens with one attached hydrogen (secondary N) is 2. The molecule has 0 aromatic heterocycles. The predicted octanol–water partition coefficient (Wildman–Crippen LogP) is 4.55. The van der Waals surface area contributed by atoms with E-state index in [1.165, 1.54) is 18.2 Å². The Labute approximate surface area is 132 Å². The van der Waals surface area contributed by atoms with Crippen LogP contribution in [-0.2, 0) is 11.3 Å². The maximum atomic E-state index is 11.1. The number of methoxy groups -OCH3 is 1. The summed E-state index contributed by atoms with van der Waals surface area (Å²) < 4.78 is 5.64. The highest BCUT2D eigenvalue weighted by molar-refractivity contribution is 9.10. The summed E-state index contributed by atoms with van der Waals surface area (Å²) in [6, 6.07) is 13.7. The zero-order valence-electron chi connectivity index (χ0n) is 11.9. The predicted molar refractivity (Wildman–Crippen MR) is 88.7 cm³/mol. The van der Waals surface area contributed by atoms with Crippen LogP contribution in [0.3, 0.4) is 0 Å². The summed E-state index contributed by atoms with van der Waals surface area (Å²) in [7, 11) is 1.34. The zero-order valence-corrected chi connectivity index (χ0v) is 13.5. The molecule has 4 nitrogen and oxygen atoms in total. The van der Waals surface area contributed by atoms with Crippen molar-refractivity contribution in [3.05, 3.63) is 58.1 Å². The lowest BCUT2D eigenvalue weighted by atomic mass is 10.1. The van der Waals surface area contributed by atoms with Gasteiger partial charge in [-0.25, -0.2) is 4.79 Å². The SMILES string of the molecule is COC(=O)Nc1ccc(NCc2ccc(C)cc2Br)cc1. The second-order valence-electron chi connectivity index (χ2n) is 4.64. The number of halogens is 1. The van der Waals surface area contributed by atoms with E-state index in [1.807, 2.05) is 24.3 Å². The molecule has 0 saturated heterocycles. The number of carbonyl (C=O) groups is 1. The van der Waals surface area contributed by atoms with E-state index in [0.29, 0.717) is 5.69 Å². The average Bonchev–Trinajstić information content (AvgIpc) is 2.48. The van der Waals surface area contributed by atoms with Gasteiger partial charge in [0.25, 0.3) is 0 Å². The number of anilines is 2. The van der Waals surface area contributed by atoms with Gasteiger partial charge in [0.05, 0.1) is 7.11 Å². The number of aryl methyl sites for hydroxylation is 1. The van der Waals surface area contributed by atoms with E-state index in [9.17, 15) is 4.79 Å². The molecule has 2 aromatic carbocycles. The fraction of sp³-hybridized carbons (Fsp3) is 0.188. The normalized spacial score (nSPS) is 10.0. The van der Waals surface area contributed by atoms with Crippen LogP contribution in [0.25, 0.3) is 0 Å². The fourth-order valence-electron chi connectivity index (χ4n) is 1.83. The van der Waals surface area contributed by atoms with Crippen LogP contribution in [0.15, 0.2) is 46.9 Å². The maximum absolute atomic E-state index is 11.1. The van der Waals surface area contributed by atoms with Crippen LogP contribution >= 0.6 is 15.9 Å². The maximum Gasteiger partial charge on any atom is 0.411 e. The number of ether oxygens (including phenoxy) is 1. The number of hydrogen-bond acceptors (Lipinski definition) is 3. The van der Waals surface area contributed by atoms with Gasteiger partial charge < -0.3 is 10.1 Å². The molecule has 2 aromatic rings. The number of hydrogen-bond donors (Lipinski definition) is 2. The molecule has 0 spiro atoms. The number of benzene rings is 2. The van der Waals surface area contributed by atoms with Crippen molar-refractivity contribution in [2.75, 3.05) is 17.7 Å². The summed E-state index contributed by atoms with van der Waals surface area (Å²) in [6.07, 6.45) is -0.473. The molecule has 0 fully saturated rings. The zero-order chi connectivity index (χ0) is 15.2. The molecule has 21 heavy (non-hydrogen) atoms. The second kappa shape index (κ2) is 7.13. The number of amides is 1. The van der Waals surface area contributed by atoms with Crippen molar-refractivity contribution < 1.29 is 9.53 Å². The van der Waals surface area contributed by atoms with E-state index >= 15 is 0 Å². The summed E-state index contributed by atoms with van der Waals surface area (Å²) in [5, 5.41) is 5.95. The molecular weight excluding hydrogens is 332 g/mol. The lowest BCUT2D eigenvalue weighted by molar-refractivity contribution is 0.187. The lowest BCUT2D eigenvalue weighted by Gasteiger charge is -2.10. The van der Waals surface area contributed by atoms with Crippen molar-refractivity contribution in [2.24, 2.45) is 0 Å². The van der Waals surface area contributed by atoms with Gasteiger partial charge in [-0.2, -0.15) is 0 Å². The van der Waals surface area contributed by atoms with Crippen molar-refractivity contribution in [1.29, 1.82) is 0 Å². The topological polar surface area (TPSA) is 50.4 Å². The van der Waals surface area contributed by atoms with Crippen molar-refractivity contribution in [3.63, 3.8) is 0 Å². The highest BCUT2D eigenvalue weighted by atomic mass is 79.9. The summed E-state index contributed by atoms with van der Waals surface area (Å²) in [6.45, 7) is 2.79. The molecular formula is C16H17BrN2O2. The van der Waals surface area contributed by atoms with Gasteiger partial charge in [-0.05, 0) is 48.4 Å². The Hall–Kier alpha value is -2.01. The van der Waals surface area contributed by atoms with Gasteiger partial charge in [0.15, 0.2) is 0 Å². The molecule has 1 amide bonds. The summed E-state index contributed by atoms with van der Waals surface area (Å²) in [4.78, 5) is 11.1. The standard InChI is InChI=1S/C16H17BrN2O2/c1-11-3-4-12(15(17)9-11)10-18-13-5-7-14(8-6-13)19-16(20)21-2/h3-9,18H,10H2,1-2H3,(H,19,20). The van der Waals surface area contributed by atoms with Crippen LogP contribution in [0.4, 0.5) is 16.2 Å². The molecule has 0 bridgehead atoms. The van der Waals surface area contributed by atoms with E-state index in [-0.39, 0.29) is 0 Å². The van der Waals surface area contributed by atoms with Crippen LogP contribution in [0.5, 0.6) is 0 Å². The molecule has 0 aliphatic carbocycles. The first kappa shape index (κ1) is 15.4. The third-order valence-electron chi connectivity index (χ3n) is 3.01. The Bertz CT molecular complexity index is 627. The van der Waals surface area contributed by atoms with Crippen molar-refractivity contribution in [3.8, 4) is 0 Å². The van der Waals surface area contributed by atoms with Gasteiger partial charge in [0, 0.05) is 22.4 Å². The highest BCUT2D eigenvalue weighted by Crippen LogP contribution is 2.20. The average molecular weight is 349 g/mol. The Morgan fingerprint density at radius 2 is 1.81 bits per heavy atom. The van der Waals surface area contributed by atoms with Crippen LogP contribution in [-0.4, -0.2) is 13.2 Å². The summed E-state index contributed by atoms with van der Waals surface area (Å²) in [5.41, 5.74) is 4.10. The first-order chi connectivity index (χ1) is 10.1. The first-order valence-corrected chi connectivity index (χ1v) is 7.31. The van der Waals surface area contributed by atoms with Crippen LogP contribution in [0.1, 0.15) is 11.1 Å². The highest BCUT2D eigenvalue weighted by Gasteiger charge is 2.02. The smallest absolute Gasteiger partial charge is 0.411 e. The molecule has 0 heterocycles. The van der Waals surface area contributed by atoms with Gasteiger partial charge in [-0.3, -0.25) is 5.32 Å². The number of rotatable bonds is 4. The minimum absolute atomic E-state index is 0.473. The molecule has 2 rings (SSSR count). The Morgan fingerprint density at radius 1 is 1.14 bits per heavy atom. The van der Waals surface area contributed by atoms with Gasteiger partial charge >= 0.3 is 6.09 Å². The van der Waals surface area contributed by atoms with E-state index in [1.54, 1.807) is 0 Å². The molecule has 0 atom stereocenters. The third kappa shape index (κ3) is 4.49. The molecule has 0 unspecified atom stereocenters. The van der Waals surface area contributed by atoms with Gasteiger partial charge in [-0.15, -0.1) is 0 Å². The van der Waals surface area contributed by atoms with Crippen molar-refractivity contribution >= 4 is 33.4 Å². The van der Waals surface area contributed by atoms with Gasteiger partial charge in [-0.1, -0.05) is 28.1 Å². The lowest BCUT2D eigenvalue weighted by Crippen LogP contribution is -2.10. The fourth-order valence-corrected chi connectivity index (χ4v) is 2.47. The van der Waals surface area contributed by atoms with E-state index < -0.39 is 6.09 Å². The second-order valence-corrected chi connectivity index (χ2v) is 5.50. The van der Waals surface area contributed by atoms with Gasteiger partial charge in [0.1, 0.15) is 0 Å². The van der Waals surface area contributed by atoms with Crippen LogP contribution in [0.2, 0.25) is 0 Å². The molecule has 0 saturated carbocycles. The molecule has 0 aliphatic rings. The summed E-state index contributed by atoms with van der Waals surface area (Å²) in [5.74, 6) is 0. The molecule has 110 valence electrons. The van der Waals surface area contributed by atoms with Crippen LogP contribution < -0.4 is 10.6 Å². The van der Waals surface area contributed by atoms with E-state index in [2.05, 4.69) is 56.4 Å². The molecule has 0 aliphatic heterocycles. The van der Waals surface area contributed by atoms with E-state index in [4.69, 9.17) is 0 Å². The minimum Gasteiger partial charge on any atom is -0.453 e. The Balaban J connectivity index is 1.96. The van der Waals surface area contributed by atoms with Crippen molar-refractivity contribution in [1.82, 2.24) is 0 Å². The van der Waals surface area contributed by atoms with Gasteiger partial charge in [0.2, 0.25) is 0 Å². The first-order valence-electron chi connectivity index (χ1n) is 6.52. The summed E-state index contributed by atoms with van der Waals surface area (Å²) >= 11 is 3.57. The monoisotopic (exact) mass is 348 g/mol. The Kier molecular flexibility index (Phi) is 5.22. The third-order valence-corrected chi connectivity index (χ3v) is 3.75. The molecule has 2 N–H and O–H groups in total. The number of carbonyl (C=O) groups excluding carboxylic acids is 1. The molecule has 5 heteroatoms. The van der Waals surface area contributed by atoms with E-state index in [0.717, 1.165) is 16.7 Å². The largest absolute Gasteiger partial charge is 0.453 e. The minimum atomic E-state index is -0.473. The quantitative estimate of drug-likeness (QED) is 0.852. The molecule has 0 radical (unpaired) electrons. The van der Waals surface area contributed by atoms with Crippen molar-refractivity contribution in [2.45, 2.75) is 13.5 Å². The Morgan fingerprint density at radius 3 is 2.43 bits per heavy atom. The van der Waals surface area contributed by atoms with Crippen LogP contribution in [0, 0.1) is 6.92 Å².